The van der Waals surface area contributed by atoms with E-state index < -0.39 is 0 Å². The number of hydrogen-bond acceptors (Lipinski definition) is 1. The van der Waals surface area contributed by atoms with Gasteiger partial charge in [0.2, 0.25) is 0 Å². The van der Waals surface area contributed by atoms with Gasteiger partial charge in [0.05, 0.1) is 0 Å². The summed E-state index contributed by atoms with van der Waals surface area (Å²) < 4.78 is 0. The van der Waals surface area contributed by atoms with Crippen molar-refractivity contribution in [2.75, 3.05) is 13.1 Å². The molecule has 1 aliphatic heterocycles. The summed E-state index contributed by atoms with van der Waals surface area (Å²) in [5.41, 5.74) is 7.99. The van der Waals surface area contributed by atoms with Crippen molar-refractivity contribution in [3.63, 3.8) is 0 Å². The highest BCUT2D eigenvalue weighted by atomic mass is 14.8. The Balaban J connectivity index is 1.78. The maximum absolute atomic E-state index is 3.53. The first-order valence-electron chi connectivity index (χ1n) is 7.82. The molecule has 0 saturated heterocycles. The Hall–Kier alpha value is -1.60. The molecule has 20 heavy (non-hydrogen) atoms. The number of fused-ring (bicyclic) bond motifs is 3. The van der Waals surface area contributed by atoms with Crippen molar-refractivity contribution >= 4 is 0 Å². The molecule has 0 saturated carbocycles. The van der Waals surface area contributed by atoms with Crippen molar-refractivity contribution in [3.8, 4) is 0 Å². The molecule has 1 N–H and O–H groups in total. The van der Waals surface area contributed by atoms with Crippen LogP contribution in [0.15, 0.2) is 42.5 Å². The maximum Gasteiger partial charge on any atom is 0.00953 e. The van der Waals surface area contributed by atoms with Crippen LogP contribution in [0.1, 0.15) is 40.2 Å². The predicted octanol–water partition coefficient (Wildman–Crippen LogP) is 3.45. The predicted molar refractivity (Wildman–Crippen MR) is 83.3 cm³/mol. The van der Waals surface area contributed by atoms with Crippen molar-refractivity contribution in [1.29, 1.82) is 0 Å². The number of benzene rings is 2. The van der Waals surface area contributed by atoms with Gasteiger partial charge in [0.1, 0.15) is 0 Å². The normalized spacial score (nSPS) is 21.1. The minimum Gasteiger partial charge on any atom is -0.316 e. The summed E-state index contributed by atoms with van der Waals surface area (Å²) >= 11 is 0. The summed E-state index contributed by atoms with van der Waals surface area (Å²) in [6.07, 6.45) is 4.94. The number of rotatable bonds is 1. The Bertz CT molecular complexity index is 615. The first-order valence-corrected chi connectivity index (χ1v) is 7.82. The molecule has 0 aromatic heterocycles. The molecular weight excluding hydrogens is 242 g/mol. The van der Waals surface area contributed by atoms with Crippen LogP contribution in [0.3, 0.4) is 0 Å². The molecule has 2 aromatic rings. The minimum atomic E-state index is 0.618. The Kier molecular flexibility index (Phi) is 3.08. The molecule has 0 amide bonds. The molecule has 1 nitrogen and oxygen atoms in total. The van der Waals surface area contributed by atoms with E-state index in [1.165, 1.54) is 31.2 Å². The van der Waals surface area contributed by atoms with Crippen LogP contribution in [0.25, 0.3) is 0 Å². The molecule has 0 radical (unpaired) electrons. The summed E-state index contributed by atoms with van der Waals surface area (Å²) in [4.78, 5) is 0. The van der Waals surface area contributed by atoms with E-state index in [4.69, 9.17) is 0 Å². The Morgan fingerprint density at radius 2 is 1.65 bits per heavy atom. The fraction of sp³-hybridized carbons (Fsp3) is 0.368. The maximum atomic E-state index is 3.53. The van der Waals surface area contributed by atoms with Gasteiger partial charge in [0, 0.05) is 5.92 Å². The monoisotopic (exact) mass is 263 g/mol. The second-order valence-electron chi connectivity index (χ2n) is 6.02. The van der Waals surface area contributed by atoms with E-state index in [-0.39, 0.29) is 0 Å². The Morgan fingerprint density at radius 1 is 0.800 bits per heavy atom. The standard InChI is InChI=1S/C19H21N/c1-2-4-14(5-3-1)16-8-9-19-17-11-13-20-12-10-15(17)6-7-18(16)19/h1-7,16,20H,8-13H2. The molecule has 0 fully saturated rings. The van der Waals surface area contributed by atoms with E-state index in [2.05, 4.69) is 47.8 Å². The first-order chi connectivity index (χ1) is 9.93. The summed E-state index contributed by atoms with van der Waals surface area (Å²) in [5, 5.41) is 3.53. The van der Waals surface area contributed by atoms with Gasteiger partial charge >= 0.3 is 0 Å². The van der Waals surface area contributed by atoms with Crippen LogP contribution in [-0.2, 0) is 19.3 Å². The van der Waals surface area contributed by atoms with Crippen LogP contribution in [-0.4, -0.2) is 13.1 Å². The molecular formula is C19H21N. The third-order valence-electron chi connectivity index (χ3n) is 4.95. The van der Waals surface area contributed by atoms with E-state index >= 15 is 0 Å². The lowest BCUT2D eigenvalue weighted by Gasteiger charge is -2.15. The van der Waals surface area contributed by atoms with Gasteiger partial charge in [0.25, 0.3) is 0 Å². The topological polar surface area (TPSA) is 12.0 Å². The SMILES string of the molecule is c1ccc(C2CCc3c2ccc2c3CCNCC2)cc1. The molecule has 1 atom stereocenters. The third kappa shape index (κ3) is 1.97. The third-order valence-corrected chi connectivity index (χ3v) is 4.95. The zero-order valence-corrected chi connectivity index (χ0v) is 11.9. The van der Waals surface area contributed by atoms with Crippen molar-refractivity contribution in [2.45, 2.75) is 31.6 Å². The average Bonchev–Trinajstić information content (AvgIpc) is 2.78. The summed E-state index contributed by atoms with van der Waals surface area (Å²) in [7, 11) is 0. The van der Waals surface area contributed by atoms with Gasteiger partial charge in [-0.05, 0) is 66.6 Å². The van der Waals surface area contributed by atoms with Gasteiger partial charge in [-0.1, -0.05) is 42.5 Å². The fourth-order valence-corrected chi connectivity index (χ4v) is 3.96. The summed E-state index contributed by atoms with van der Waals surface area (Å²) in [5.74, 6) is 0.618. The van der Waals surface area contributed by atoms with E-state index in [9.17, 15) is 0 Å². The largest absolute Gasteiger partial charge is 0.316 e. The molecule has 0 spiro atoms. The van der Waals surface area contributed by atoms with Crippen LogP contribution in [0.2, 0.25) is 0 Å². The highest BCUT2D eigenvalue weighted by Crippen LogP contribution is 2.40. The summed E-state index contributed by atoms with van der Waals surface area (Å²) in [6, 6.07) is 15.8. The molecule has 102 valence electrons. The second-order valence-corrected chi connectivity index (χ2v) is 6.02. The van der Waals surface area contributed by atoms with Crippen molar-refractivity contribution in [2.24, 2.45) is 0 Å². The molecule has 0 bridgehead atoms. The lowest BCUT2D eigenvalue weighted by atomic mass is 9.89. The fourth-order valence-electron chi connectivity index (χ4n) is 3.96. The van der Waals surface area contributed by atoms with Crippen molar-refractivity contribution < 1.29 is 0 Å². The molecule has 1 unspecified atom stereocenters. The second kappa shape index (κ2) is 5.06. The van der Waals surface area contributed by atoms with Gasteiger partial charge in [-0.3, -0.25) is 0 Å². The highest BCUT2D eigenvalue weighted by Gasteiger charge is 2.27. The van der Waals surface area contributed by atoms with E-state index in [1.807, 2.05) is 0 Å². The molecule has 1 aliphatic carbocycles. The smallest absolute Gasteiger partial charge is 0.00953 e. The van der Waals surface area contributed by atoms with Crippen LogP contribution >= 0.6 is 0 Å². The minimum absolute atomic E-state index is 0.618. The van der Waals surface area contributed by atoms with Crippen molar-refractivity contribution in [1.82, 2.24) is 5.32 Å². The summed E-state index contributed by atoms with van der Waals surface area (Å²) in [6.45, 7) is 2.27. The molecule has 2 aliphatic rings. The van der Waals surface area contributed by atoms with Crippen LogP contribution in [0.5, 0.6) is 0 Å². The average molecular weight is 263 g/mol. The zero-order valence-electron chi connectivity index (χ0n) is 11.9. The van der Waals surface area contributed by atoms with E-state index in [0.717, 1.165) is 13.1 Å². The van der Waals surface area contributed by atoms with E-state index in [1.54, 1.807) is 22.3 Å². The zero-order chi connectivity index (χ0) is 13.4. The van der Waals surface area contributed by atoms with Gasteiger partial charge in [0.15, 0.2) is 0 Å². The quantitative estimate of drug-likeness (QED) is 0.831. The van der Waals surface area contributed by atoms with Gasteiger partial charge in [-0.2, -0.15) is 0 Å². The van der Waals surface area contributed by atoms with Crippen LogP contribution in [0, 0.1) is 0 Å². The van der Waals surface area contributed by atoms with Gasteiger partial charge < -0.3 is 5.32 Å². The van der Waals surface area contributed by atoms with Crippen LogP contribution < -0.4 is 5.32 Å². The lowest BCUT2D eigenvalue weighted by molar-refractivity contribution is 0.709. The molecule has 1 heteroatoms. The lowest BCUT2D eigenvalue weighted by Crippen LogP contribution is -2.16. The highest BCUT2D eigenvalue weighted by molar-refractivity contribution is 5.49. The molecule has 2 aromatic carbocycles. The molecule has 1 heterocycles. The number of hydrogen-bond donors (Lipinski definition) is 1. The van der Waals surface area contributed by atoms with Crippen LogP contribution in [0.4, 0.5) is 0 Å². The molecule has 4 rings (SSSR count). The Morgan fingerprint density at radius 3 is 2.55 bits per heavy atom. The van der Waals surface area contributed by atoms with Crippen molar-refractivity contribution in [3.05, 3.63) is 70.3 Å². The number of nitrogens with one attached hydrogen (secondary N) is 1. The van der Waals surface area contributed by atoms with Gasteiger partial charge in [-0.25, -0.2) is 0 Å². The first kappa shape index (κ1) is 12.2. The van der Waals surface area contributed by atoms with E-state index in [0.29, 0.717) is 5.92 Å². The Labute approximate surface area is 121 Å². The van der Waals surface area contributed by atoms with Gasteiger partial charge in [-0.15, -0.1) is 0 Å².